The van der Waals surface area contributed by atoms with Crippen molar-refractivity contribution in [3.63, 3.8) is 0 Å². The van der Waals surface area contributed by atoms with Crippen LogP contribution in [0, 0.1) is 6.92 Å². The van der Waals surface area contributed by atoms with Crippen LogP contribution in [-0.2, 0) is 4.79 Å². The highest BCUT2D eigenvalue weighted by molar-refractivity contribution is 8.00. The molecule has 9 heteroatoms. The molecule has 0 radical (unpaired) electrons. The van der Waals surface area contributed by atoms with E-state index in [1.807, 2.05) is 54.6 Å². The van der Waals surface area contributed by atoms with Crippen molar-refractivity contribution >= 4 is 58.0 Å². The predicted octanol–water partition coefficient (Wildman–Crippen LogP) is 6.47. The van der Waals surface area contributed by atoms with Gasteiger partial charge in [-0.1, -0.05) is 41.6 Å². The van der Waals surface area contributed by atoms with Crippen molar-refractivity contribution in [3.05, 3.63) is 102 Å². The Bertz CT molecular complexity index is 1370. The number of anilines is 3. The third-order valence-electron chi connectivity index (χ3n) is 5.11. The van der Waals surface area contributed by atoms with Gasteiger partial charge in [0.1, 0.15) is 11.0 Å². The number of nitrogens with one attached hydrogen (secondary N) is 3. The molecule has 1 heterocycles. The van der Waals surface area contributed by atoms with Gasteiger partial charge >= 0.3 is 0 Å². The third-order valence-corrected chi connectivity index (χ3v) is 6.57. The largest absolute Gasteiger partial charge is 0.360 e. The van der Waals surface area contributed by atoms with Gasteiger partial charge in [0, 0.05) is 27.9 Å². The Balaban J connectivity index is 1.46. The minimum atomic E-state index is -0.511. The molecule has 3 N–H and O–H groups in total. The molecule has 4 rings (SSSR count). The zero-order valence-electron chi connectivity index (χ0n) is 19.6. The number of amides is 1. The van der Waals surface area contributed by atoms with Crippen molar-refractivity contribution in [2.75, 3.05) is 16.0 Å². The fraction of sp³-hybridized carbons (Fsp3) is 0.111. The molecule has 0 aliphatic heterocycles. The van der Waals surface area contributed by atoms with Crippen LogP contribution in [-0.4, -0.2) is 22.0 Å². The average molecular weight is 517 g/mol. The highest BCUT2D eigenvalue weighted by Gasteiger charge is 2.23. The van der Waals surface area contributed by atoms with Crippen molar-refractivity contribution in [2.45, 2.75) is 24.0 Å². The zero-order valence-corrected chi connectivity index (χ0v) is 21.3. The first-order valence-corrected chi connectivity index (χ1v) is 12.4. The minimum Gasteiger partial charge on any atom is -0.360 e. The molecular weight excluding hydrogens is 492 g/mol. The van der Waals surface area contributed by atoms with Gasteiger partial charge in [0.15, 0.2) is 16.7 Å². The predicted molar refractivity (Wildman–Crippen MR) is 148 cm³/mol. The Labute approximate surface area is 218 Å². The van der Waals surface area contributed by atoms with E-state index in [0.717, 1.165) is 21.8 Å². The van der Waals surface area contributed by atoms with Crippen LogP contribution in [0.25, 0.3) is 0 Å². The molecule has 0 aliphatic rings. The second kappa shape index (κ2) is 11.7. The number of hydrogen-bond donors (Lipinski definition) is 3. The van der Waals surface area contributed by atoms with Gasteiger partial charge in [-0.25, -0.2) is 0 Å². The summed E-state index contributed by atoms with van der Waals surface area (Å²) in [6.07, 6.45) is 0. The van der Waals surface area contributed by atoms with E-state index in [2.05, 4.69) is 21.1 Å². The van der Waals surface area contributed by atoms with E-state index in [4.69, 9.17) is 16.7 Å². The van der Waals surface area contributed by atoms with Gasteiger partial charge in [-0.3, -0.25) is 9.59 Å². The Morgan fingerprint density at radius 1 is 0.889 bits per heavy atom. The highest BCUT2D eigenvalue weighted by Crippen LogP contribution is 2.37. The number of benzene rings is 3. The summed E-state index contributed by atoms with van der Waals surface area (Å²) in [6.45, 7) is 3.30. The summed E-state index contributed by atoms with van der Waals surface area (Å²) in [5.74, 6) is 0.800. The summed E-state index contributed by atoms with van der Waals surface area (Å²) in [4.78, 5) is 25.5. The molecule has 0 aliphatic carbocycles. The fourth-order valence-electron chi connectivity index (χ4n) is 3.38. The standard InChI is InChI=1S/C27H24N4O3S2/c1-17-15-24(31-34-17)30-26(33)25(20-7-4-3-5-8-20)36-23-10-6-9-22(16-23)29-27(35)28-21-13-11-19(12-14-21)18(2)32/h3-16,25H,1-2H3,(H2,28,29,35)(H,30,31,33). The molecule has 7 nitrogen and oxygen atoms in total. The Morgan fingerprint density at radius 3 is 2.28 bits per heavy atom. The number of carbonyl (C=O) groups is 2. The van der Waals surface area contributed by atoms with Crippen molar-refractivity contribution in [1.82, 2.24) is 5.16 Å². The summed E-state index contributed by atoms with van der Waals surface area (Å²) in [6, 6.07) is 26.0. The number of nitrogens with zero attached hydrogens (tertiary/aromatic N) is 1. The van der Waals surface area contributed by atoms with E-state index in [1.165, 1.54) is 18.7 Å². The van der Waals surface area contributed by atoms with Crippen molar-refractivity contribution < 1.29 is 14.1 Å². The number of Topliss-reactive ketones (excluding diaryl/α,β-unsaturated/α-hetero) is 1. The summed E-state index contributed by atoms with van der Waals surface area (Å²) < 4.78 is 5.07. The molecule has 0 fully saturated rings. The number of aromatic nitrogens is 1. The topological polar surface area (TPSA) is 96.3 Å². The van der Waals surface area contributed by atoms with Crippen LogP contribution >= 0.6 is 24.0 Å². The van der Waals surface area contributed by atoms with E-state index < -0.39 is 5.25 Å². The normalized spacial score (nSPS) is 11.4. The Kier molecular flexibility index (Phi) is 8.14. The van der Waals surface area contributed by atoms with E-state index in [1.54, 1.807) is 37.3 Å². The van der Waals surface area contributed by atoms with Gasteiger partial charge in [-0.2, -0.15) is 0 Å². The van der Waals surface area contributed by atoms with Gasteiger partial charge in [-0.15, -0.1) is 11.8 Å². The fourth-order valence-corrected chi connectivity index (χ4v) is 4.70. The van der Waals surface area contributed by atoms with Crippen molar-refractivity contribution in [2.24, 2.45) is 0 Å². The first-order chi connectivity index (χ1) is 17.4. The second-order valence-electron chi connectivity index (χ2n) is 7.96. The number of thioether (sulfide) groups is 1. The number of aryl methyl sites for hydroxylation is 1. The number of carbonyl (C=O) groups excluding carboxylic acids is 2. The van der Waals surface area contributed by atoms with Crippen LogP contribution in [0.15, 0.2) is 94.3 Å². The van der Waals surface area contributed by atoms with E-state index in [9.17, 15) is 9.59 Å². The van der Waals surface area contributed by atoms with Crippen molar-refractivity contribution in [1.29, 1.82) is 0 Å². The molecule has 0 bridgehead atoms. The maximum Gasteiger partial charge on any atom is 0.243 e. The maximum absolute atomic E-state index is 13.2. The molecule has 3 aromatic carbocycles. The highest BCUT2D eigenvalue weighted by atomic mass is 32.2. The second-order valence-corrected chi connectivity index (χ2v) is 9.55. The monoisotopic (exact) mass is 516 g/mol. The first kappa shape index (κ1) is 25.2. The van der Waals surface area contributed by atoms with Crippen LogP contribution in [0.1, 0.15) is 33.9 Å². The summed E-state index contributed by atoms with van der Waals surface area (Å²) in [5.41, 5.74) is 3.05. The van der Waals surface area contributed by atoms with Gasteiger partial charge in [0.05, 0.1) is 0 Å². The lowest BCUT2D eigenvalue weighted by Gasteiger charge is -2.17. The van der Waals surface area contributed by atoms with Gasteiger partial charge in [-0.05, 0) is 74.1 Å². The molecule has 4 aromatic rings. The average Bonchev–Trinajstić information content (AvgIpc) is 3.27. The van der Waals surface area contributed by atoms with Gasteiger partial charge < -0.3 is 20.5 Å². The summed E-state index contributed by atoms with van der Waals surface area (Å²) in [5, 5.41) is 12.9. The van der Waals surface area contributed by atoms with Crippen LogP contribution in [0.5, 0.6) is 0 Å². The molecule has 0 saturated heterocycles. The van der Waals surface area contributed by atoms with Crippen LogP contribution in [0.3, 0.4) is 0 Å². The molecule has 0 saturated carbocycles. The molecule has 1 atom stereocenters. The lowest BCUT2D eigenvalue weighted by molar-refractivity contribution is -0.115. The minimum absolute atomic E-state index is 0.00944. The SMILES string of the molecule is CC(=O)c1ccc(NC(=S)Nc2cccc(SC(C(=O)Nc3cc(C)on3)c3ccccc3)c2)cc1. The lowest BCUT2D eigenvalue weighted by atomic mass is 10.1. The summed E-state index contributed by atoms with van der Waals surface area (Å²) >= 11 is 6.87. The lowest BCUT2D eigenvalue weighted by Crippen LogP contribution is -2.20. The van der Waals surface area contributed by atoms with Crippen molar-refractivity contribution in [3.8, 4) is 0 Å². The first-order valence-electron chi connectivity index (χ1n) is 11.1. The molecular formula is C27H24N4O3S2. The summed E-state index contributed by atoms with van der Waals surface area (Å²) in [7, 11) is 0. The zero-order chi connectivity index (χ0) is 25.5. The third kappa shape index (κ3) is 6.80. The molecule has 182 valence electrons. The molecule has 1 amide bonds. The van der Waals surface area contributed by atoms with Crippen LogP contribution in [0.2, 0.25) is 0 Å². The van der Waals surface area contributed by atoms with E-state index >= 15 is 0 Å². The van der Waals surface area contributed by atoms with Gasteiger partial charge in [0.25, 0.3) is 0 Å². The van der Waals surface area contributed by atoms with E-state index in [0.29, 0.717) is 22.3 Å². The van der Waals surface area contributed by atoms with Gasteiger partial charge in [0.2, 0.25) is 5.91 Å². The number of thiocarbonyl (C=S) groups is 1. The molecule has 1 aromatic heterocycles. The quantitative estimate of drug-likeness (QED) is 0.139. The Morgan fingerprint density at radius 2 is 1.61 bits per heavy atom. The number of ketones is 1. The molecule has 1 unspecified atom stereocenters. The molecule has 36 heavy (non-hydrogen) atoms. The number of rotatable bonds is 8. The maximum atomic E-state index is 13.2. The number of hydrogen-bond acceptors (Lipinski definition) is 6. The van der Waals surface area contributed by atoms with Crippen LogP contribution in [0.4, 0.5) is 17.2 Å². The van der Waals surface area contributed by atoms with Crippen LogP contribution < -0.4 is 16.0 Å². The Hall–Kier alpha value is -3.95. The smallest absolute Gasteiger partial charge is 0.243 e. The molecule has 0 spiro atoms. The van der Waals surface area contributed by atoms with E-state index in [-0.39, 0.29) is 11.7 Å².